The number of carbonyl (C=O) groups is 1. The van der Waals surface area contributed by atoms with Crippen LogP contribution in [0.3, 0.4) is 0 Å². The lowest BCUT2D eigenvalue weighted by atomic mass is 10.1. The van der Waals surface area contributed by atoms with Crippen molar-refractivity contribution in [2.24, 2.45) is 0 Å². The van der Waals surface area contributed by atoms with E-state index in [1.54, 1.807) is 34.9 Å². The monoisotopic (exact) mass is 387 g/mol. The molecule has 1 aromatic carbocycles. The van der Waals surface area contributed by atoms with E-state index in [9.17, 15) is 4.79 Å². The van der Waals surface area contributed by atoms with Gasteiger partial charge in [0, 0.05) is 12.4 Å². The molecule has 1 amide bonds. The molecule has 0 spiro atoms. The van der Waals surface area contributed by atoms with Crippen molar-refractivity contribution < 1.29 is 4.79 Å². The van der Waals surface area contributed by atoms with E-state index in [0.717, 1.165) is 10.0 Å². The standard InChI is InChI=1S/C17H18BrN5O/c1-12-3-5-14(6-4-12)9-22-11-16(8-19-22)21-17(24)13(2)23-10-15(18)7-20-23/h3-8,10-11,13H,9H2,1-2H3,(H,21,24). The van der Waals surface area contributed by atoms with Gasteiger partial charge in [-0.25, -0.2) is 0 Å². The number of anilines is 1. The highest BCUT2D eigenvalue weighted by atomic mass is 79.9. The summed E-state index contributed by atoms with van der Waals surface area (Å²) in [6, 6.07) is 7.90. The molecule has 0 radical (unpaired) electrons. The summed E-state index contributed by atoms with van der Waals surface area (Å²) >= 11 is 3.33. The fourth-order valence-electron chi connectivity index (χ4n) is 2.29. The van der Waals surface area contributed by atoms with Crippen LogP contribution in [0.2, 0.25) is 0 Å². The van der Waals surface area contributed by atoms with E-state index < -0.39 is 6.04 Å². The molecule has 1 N–H and O–H groups in total. The fourth-order valence-corrected chi connectivity index (χ4v) is 2.59. The number of hydrogen-bond acceptors (Lipinski definition) is 3. The lowest BCUT2D eigenvalue weighted by Crippen LogP contribution is -2.23. The first-order valence-electron chi connectivity index (χ1n) is 7.60. The Hall–Kier alpha value is -2.41. The summed E-state index contributed by atoms with van der Waals surface area (Å²) in [6.07, 6.45) is 6.90. The van der Waals surface area contributed by atoms with E-state index in [0.29, 0.717) is 12.2 Å². The van der Waals surface area contributed by atoms with Gasteiger partial charge in [0.2, 0.25) is 5.91 Å². The lowest BCUT2D eigenvalue weighted by molar-refractivity contribution is -0.119. The molecule has 3 aromatic rings. The molecule has 1 unspecified atom stereocenters. The second-order valence-corrected chi connectivity index (χ2v) is 6.63. The summed E-state index contributed by atoms with van der Waals surface area (Å²) in [6.45, 7) is 4.52. The van der Waals surface area contributed by atoms with Crippen LogP contribution in [0.5, 0.6) is 0 Å². The minimum Gasteiger partial charge on any atom is -0.322 e. The Kier molecular flexibility index (Phi) is 4.80. The molecular weight excluding hydrogens is 370 g/mol. The van der Waals surface area contributed by atoms with E-state index in [1.807, 2.05) is 6.20 Å². The van der Waals surface area contributed by atoms with Crippen molar-refractivity contribution in [3.8, 4) is 0 Å². The third-order valence-corrected chi connectivity index (χ3v) is 4.12. The molecular formula is C17H18BrN5O. The summed E-state index contributed by atoms with van der Waals surface area (Å²) in [7, 11) is 0. The van der Waals surface area contributed by atoms with Crippen LogP contribution in [-0.2, 0) is 11.3 Å². The smallest absolute Gasteiger partial charge is 0.249 e. The van der Waals surface area contributed by atoms with Crippen molar-refractivity contribution in [3.63, 3.8) is 0 Å². The Balaban J connectivity index is 1.63. The second-order valence-electron chi connectivity index (χ2n) is 5.72. The quantitative estimate of drug-likeness (QED) is 0.729. The molecule has 0 saturated carbocycles. The van der Waals surface area contributed by atoms with E-state index in [-0.39, 0.29) is 5.91 Å². The molecule has 0 aliphatic heterocycles. The molecule has 0 fully saturated rings. The average molecular weight is 388 g/mol. The van der Waals surface area contributed by atoms with Gasteiger partial charge in [0.1, 0.15) is 6.04 Å². The topological polar surface area (TPSA) is 64.7 Å². The third kappa shape index (κ3) is 3.91. The maximum Gasteiger partial charge on any atom is 0.249 e. The highest BCUT2D eigenvalue weighted by Gasteiger charge is 2.16. The van der Waals surface area contributed by atoms with E-state index in [1.165, 1.54) is 5.56 Å². The number of carbonyl (C=O) groups excluding carboxylic acids is 1. The third-order valence-electron chi connectivity index (χ3n) is 3.71. The summed E-state index contributed by atoms with van der Waals surface area (Å²) < 4.78 is 4.25. The number of benzene rings is 1. The number of hydrogen-bond donors (Lipinski definition) is 1. The molecule has 0 saturated heterocycles. The predicted molar refractivity (Wildman–Crippen MR) is 95.8 cm³/mol. The van der Waals surface area contributed by atoms with E-state index >= 15 is 0 Å². The number of nitrogens with one attached hydrogen (secondary N) is 1. The zero-order valence-electron chi connectivity index (χ0n) is 13.5. The van der Waals surface area contributed by atoms with Crippen LogP contribution in [0.4, 0.5) is 5.69 Å². The van der Waals surface area contributed by atoms with Crippen LogP contribution in [-0.4, -0.2) is 25.5 Å². The van der Waals surface area contributed by atoms with Gasteiger partial charge in [-0.15, -0.1) is 0 Å². The van der Waals surface area contributed by atoms with Crippen molar-refractivity contribution in [2.75, 3.05) is 5.32 Å². The van der Waals surface area contributed by atoms with Gasteiger partial charge in [-0.1, -0.05) is 29.8 Å². The van der Waals surface area contributed by atoms with Gasteiger partial charge < -0.3 is 5.32 Å². The van der Waals surface area contributed by atoms with Crippen LogP contribution < -0.4 is 5.32 Å². The first-order chi connectivity index (χ1) is 11.5. The molecule has 1 atom stereocenters. The van der Waals surface area contributed by atoms with Crippen LogP contribution in [0, 0.1) is 6.92 Å². The number of nitrogens with zero attached hydrogens (tertiary/aromatic N) is 4. The predicted octanol–water partition coefficient (Wildman–Crippen LogP) is 3.40. The fraction of sp³-hybridized carbons (Fsp3) is 0.235. The minimum atomic E-state index is -0.406. The first-order valence-corrected chi connectivity index (χ1v) is 8.39. The summed E-state index contributed by atoms with van der Waals surface area (Å²) in [4.78, 5) is 12.3. The lowest BCUT2D eigenvalue weighted by Gasteiger charge is -2.11. The minimum absolute atomic E-state index is 0.138. The number of halogens is 1. The molecule has 3 rings (SSSR count). The zero-order chi connectivity index (χ0) is 17.1. The van der Waals surface area contributed by atoms with Crippen LogP contribution in [0.15, 0.2) is 53.5 Å². The Morgan fingerprint density at radius 1 is 1.21 bits per heavy atom. The number of aryl methyl sites for hydroxylation is 1. The molecule has 124 valence electrons. The van der Waals surface area contributed by atoms with Crippen molar-refractivity contribution >= 4 is 27.5 Å². The Bertz CT molecular complexity index is 837. The van der Waals surface area contributed by atoms with Crippen molar-refractivity contribution in [1.82, 2.24) is 19.6 Å². The molecule has 6 nitrogen and oxygen atoms in total. The number of rotatable bonds is 5. The van der Waals surface area contributed by atoms with Gasteiger partial charge in [-0.2, -0.15) is 10.2 Å². The molecule has 0 aliphatic carbocycles. The van der Waals surface area contributed by atoms with Crippen LogP contribution >= 0.6 is 15.9 Å². The maximum absolute atomic E-state index is 12.3. The van der Waals surface area contributed by atoms with E-state index in [2.05, 4.69) is 62.6 Å². The van der Waals surface area contributed by atoms with Gasteiger partial charge >= 0.3 is 0 Å². The first kappa shape index (κ1) is 16.4. The Labute approximate surface area is 148 Å². The highest BCUT2D eigenvalue weighted by molar-refractivity contribution is 9.10. The van der Waals surface area contributed by atoms with Gasteiger partial charge in [0.25, 0.3) is 0 Å². The molecule has 24 heavy (non-hydrogen) atoms. The van der Waals surface area contributed by atoms with Gasteiger partial charge in [0.15, 0.2) is 0 Å². The highest BCUT2D eigenvalue weighted by Crippen LogP contribution is 2.15. The van der Waals surface area contributed by atoms with Crippen molar-refractivity contribution in [3.05, 3.63) is 64.7 Å². The van der Waals surface area contributed by atoms with Crippen molar-refractivity contribution in [2.45, 2.75) is 26.4 Å². The summed E-state index contributed by atoms with van der Waals surface area (Å²) in [5.41, 5.74) is 3.06. The summed E-state index contributed by atoms with van der Waals surface area (Å²) in [5.74, 6) is -0.138. The Morgan fingerprint density at radius 2 is 1.96 bits per heavy atom. The van der Waals surface area contributed by atoms with Gasteiger partial charge in [-0.05, 0) is 35.3 Å². The number of amides is 1. The molecule has 2 heterocycles. The molecule has 2 aromatic heterocycles. The zero-order valence-corrected chi connectivity index (χ0v) is 15.1. The number of aromatic nitrogens is 4. The SMILES string of the molecule is Cc1ccc(Cn2cc(NC(=O)C(C)n3cc(Br)cn3)cn2)cc1. The van der Waals surface area contributed by atoms with Crippen LogP contribution in [0.1, 0.15) is 24.1 Å². The van der Waals surface area contributed by atoms with Crippen molar-refractivity contribution in [1.29, 1.82) is 0 Å². The van der Waals surface area contributed by atoms with Gasteiger partial charge in [0.05, 0.1) is 29.1 Å². The van der Waals surface area contributed by atoms with E-state index in [4.69, 9.17) is 0 Å². The molecule has 0 bridgehead atoms. The van der Waals surface area contributed by atoms with Gasteiger partial charge in [-0.3, -0.25) is 14.2 Å². The average Bonchev–Trinajstić information content (AvgIpc) is 3.18. The molecule has 0 aliphatic rings. The largest absolute Gasteiger partial charge is 0.322 e. The normalized spacial score (nSPS) is 12.1. The Morgan fingerprint density at radius 3 is 2.62 bits per heavy atom. The van der Waals surface area contributed by atoms with Crippen LogP contribution in [0.25, 0.3) is 0 Å². The molecule has 7 heteroatoms. The summed E-state index contributed by atoms with van der Waals surface area (Å²) in [5, 5.41) is 11.3. The maximum atomic E-state index is 12.3. The second kappa shape index (κ2) is 7.00.